The molecule has 0 saturated carbocycles. The second kappa shape index (κ2) is 11.8. The molecule has 0 saturated heterocycles. The Hall–Kier alpha value is -0.290. The third-order valence-corrected chi connectivity index (χ3v) is 2.43. The van der Waals surface area contributed by atoms with E-state index in [1.165, 1.54) is 0 Å². The Labute approximate surface area is 107 Å². The minimum atomic E-state index is -3.67. The van der Waals surface area contributed by atoms with E-state index in [0.29, 0.717) is 6.42 Å². The topological polar surface area (TPSA) is 145 Å². The van der Waals surface area contributed by atoms with E-state index in [1.54, 1.807) is 6.92 Å². The largest absolute Gasteiger partial charge is 0.394 e. The zero-order valence-corrected chi connectivity index (χ0v) is 11.1. The van der Waals surface area contributed by atoms with Crippen molar-refractivity contribution < 1.29 is 38.1 Å². The van der Waals surface area contributed by atoms with Crippen molar-refractivity contribution in [1.82, 2.24) is 0 Å². The van der Waals surface area contributed by atoms with Gasteiger partial charge in [-0.2, -0.15) is 8.42 Å². The summed E-state index contributed by atoms with van der Waals surface area (Å²) < 4.78 is 32.3. The highest BCUT2D eigenvalue weighted by molar-refractivity contribution is 7.85. The summed E-state index contributed by atoms with van der Waals surface area (Å²) in [4.78, 5) is 0. The molecule has 18 heavy (non-hydrogen) atoms. The molecule has 0 aliphatic heterocycles. The molecule has 112 valence electrons. The molecule has 0 aliphatic carbocycles. The molecule has 0 aliphatic rings. The molecule has 0 aromatic carbocycles. The molecule has 0 heterocycles. The average molecular weight is 290 g/mol. The van der Waals surface area contributed by atoms with Gasteiger partial charge in [0.25, 0.3) is 10.1 Å². The molecule has 0 fully saturated rings. The number of aliphatic hydroxyl groups is 4. The third kappa shape index (κ3) is 18.1. The lowest BCUT2D eigenvalue weighted by Gasteiger charge is -2.10. The van der Waals surface area contributed by atoms with Gasteiger partial charge in [-0.15, -0.1) is 0 Å². The molecule has 2 atom stereocenters. The van der Waals surface area contributed by atoms with E-state index >= 15 is 0 Å². The van der Waals surface area contributed by atoms with E-state index in [1.807, 2.05) is 0 Å². The van der Waals surface area contributed by atoms with Crippen LogP contribution < -0.4 is 0 Å². The van der Waals surface area contributed by atoms with E-state index < -0.39 is 22.3 Å². The second-order valence-corrected chi connectivity index (χ2v) is 5.07. The molecule has 0 aromatic heterocycles. The molecular weight excluding hydrogens is 268 g/mol. The van der Waals surface area contributed by atoms with Crippen molar-refractivity contribution >= 4 is 10.1 Å². The fourth-order valence-corrected chi connectivity index (χ4v) is 1.22. The van der Waals surface area contributed by atoms with Gasteiger partial charge in [0.05, 0.1) is 32.2 Å². The predicted octanol–water partition coefficient (Wildman–Crippen LogP) is -2.01. The fourth-order valence-electron chi connectivity index (χ4n) is 0.703. The summed E-state index contributed by atoms with van der Waals surface area (Å²) in [5, 5.41) is 34.1. The third-order valence-electron chi connectivity index (χ3n) is 1.50. The lowest BCUT2D eigenvalue weighted by atomic mass is 10.4. The van der Waals surface area contributed by atoms with Crippen LogP contribution in [-0.2, 0) is 14.9 Å². The molecule has 5 N–H and O–H groups in total. The minimum Gasteiger partial charge on any atom is -0.394 e. The summed E-state index contributed by atoms with van der Waals surface area (Å²) >= 11 is 0. The van der Waals surface area contributed by atoms with Crippen LogP contribution in [0.1, 0.15) is 13.3 Å². The van der Waals surface area contributed by atoms with Crippen molar-refractivity contribution in [3.63, 3.8) is 0 Å². The van der Waals surface area contributed by atoms with Crippen LogP contribution in [0.4, 0.5) is 0 Å². The van der Waals surface area contributed by atoms with Gasteiger partial charge >= 0.3 is 0 Å². The van der Waals surface area contributed by atoms with E-state index in [0.717, 1.165) is 0 Å². The first-order valence-electron chi connectivity index (χ1n) is 5.37. The second-order valence-electron chi connectivity index (χ2n) is 3.50. The Morgan fingerprint density at radius 3 is 1.61 bits per heavy atom. The number of hydrogen-bond acceptors (Lipinski definition) is 7. The molecule has 9 heteroatoms. The number of rotatable bonds is 8. The fraction of sp³-hybridized carbons (Fsp3) is 1.00. The maximum absolute atomic E-state index is 9.79. The first-order valence-corrected chi connectivity index (χ1v) is 6.98. The summed E-state index contributed by atoms with van der Waals surface area (Å²) in [6.07, 6.45) is -1.36. The van der Waals surface area contributed by atoms with E-state index in [9.17, 15) is 8.42 Å². The van der Waals surface area contributed by atoms with Crippen molar-refractivity contribution in [2.24, 2.45) is 0 Å². The highest BCUT2D eigenvalue weighted by Crippen LogP contribution is 1.87. The number of aliphatic hydroxyl groups excluding tert-OH is 4. The Balaban J connectivity index is 0. The van der Waals surface area contributed by atoms with Crippen molar-refractivity contribution in [3.8, 4) is 0 Å². The van der Waals surface area contributed by atoms with Gasteiger partial charge in [-0.1, -0.05) is 6.92 Å². The summed E-state index contributed by atoms with van der Waals surface area (Å²) in [5.74, 6) is -0.132. The monoisotopic (exact) mass is 290 g/mol. The smallest absolute Gasteiger partial charge is 0.264 e. The molecule has 0 bridgehead atoms. The van der Waals surface area contributed by atoms with Crippen LogP contribution in [0.5, 0.6) is 0 Å². The van der Waals surface area contributed by atoms with Crippen LogP contribution in [0.3, 0.4) is 0 Å². The van der Waals surface area contributed by atoms with Crippen LogP contribution in [0.25, 0.3) is 0 Å². The zero-order chi connectivity index (χ0) is 14.6. The molecule has 0 spiro atoms. The van der Waals surface area contributed by atoms with Crippen molar-refractivity contribution in [2.75, 3.05) is 32.2 Å². The number of hydrogen-bond donors (Lipinski definition) is 5. The average Bonchev–Trinajstić information content (AvgIpc) is 2.27. The van der Waals surface area contributed by atoms with Gasteiger partial charge in [-0.25, -0.2) is 0 Å². The minimum absolute atomic E-state index is 0.0342. The summed E-state index contributed by atoms with van der Waals surface area (Å²) in [6, 6.07) is 0. The SMILES string of the molecule is CCCS(=O)(=O)O.OCC(O)COCC(O)CO. The normalized spacial score (nSPS) is 14.6. The Morgan fingerprint density at radius 1 is 1.06 bits per heavy atom. The van der Waals surface area contributed by atoms with Crippen LogP contribution in [0, 0.1) is 0 Å². The Kier molecular flexibility index (Phi) is 13.1. The lowest BCUT2D eigenvalue weighted by molar-refractivity contribution is -0.0364. The lowest BCUT2D eigenvalue weighted by Crippen LogP contribution is -2.25. The van der Waals surface area contributed by atoms with Crippen LogP contribution in [0.15, 0.2) is 0 Å². The first-order chi connectivity index (χ1) is 8.26. The molecular formula is C9H22O8S. The van der Waals surface area contributed by atoms with E-state index in [-0.39, 0.29) is 32.2 Å². The van der Waals surface area contributed by atoms with Crippen LogP contribution in [-0.4, -0.2) is 77.8 Å². The van der Waals surface area contributed by atoms with Gasteiger partial charge in [-0.3, -0.25) is 4.55 Å². The van der Waals surface area contributed by atoms with Gasteiger partial charge in [0.15, 0.2) is 0 Å². The number of ether oxygens (including phenoxy) is 1. The van der Waals surface area contributed by atoms with E-state index in [4.69, 9.17) is 29.7 Å². The van der Waals surface area contributed by atoms with Gasteiger partial charge in [0.1, 0.15) is 12.2 Å². The van der Waals surface area contributed by atoms with Crippen molar-refractivity contribution in [2.45, 2.75) is 25.6 Å². The van der Waals surface area contributed by atoms with Gasteiger partial charge in [-0.05, 0) is 6.42 Å². The molecule has 0 amide bonds. The molecule has 0 rings (SSSR count). The van der Waals surface area contributed by atoms with Gasteiger partial charge in [0.2, 0.25) is 0 Å². The highest BCUT2D eigenvalue weighted by Gasteiger charge is 2.04. The van der Waals surface area contributed by atoms with E-state index in [2.05, 4.69) is 0 Å². The summed E-state index contributed by atoms with van der Waals surface area (Å²) in [5.41, 5.74) is 0. The van der Waals surface area contributed by atoms with Crippen LogP contribution >= 0.6 is 0 Å². The predicted molar refractivity (Wildman–Crippen MR) is 63.7 cm³/mol. The standard InChI is InChI=1S/C6H14O5.C3H8O3S/c7-1-5(9)3-11-4-6(10)2-8;1-2-3-7(4,5)6/h5-10H,1-4H2;2-3H2,1H3,(H,4,5,6). The summed E-state index contributed by atoms with van der Waals surface area (Å²) in [7, 11) is -3.67. The quantitative estimate of drug-likeness (QED) is 0.323. The van der Waals surface area contributed by atoms with Crippen LogP contribution in [0.2, 0.25) is 0 Å². The zero-order valence-electron chi connectivity index (χ0n) is 10.3. The highest BCUT2D eigenvalue weighted by atomic mass is 32.2. The molecule has 0 radical (unpaired) electrons. The first kappa shape index (κ1) is 20.0. The van der Waals surface area contributed by atoms with Crippen molar-refractivity contribution in [3.05, 3.63) is 0 Å². The van der Waals surface area contributed by atoms with Crippen molar-refractivity contribution in [1.29, 1.82) is 0 Å². The van der Waals surface area contributed by atoms with Gasteiger partial charge < -0.3 is 25.2 Å². The maximum Gasteiger partial charge on any atom is 0.264 e. The maximum atomic E-state index is 9.79. The molecule has 0 aromatic rings. The Morgan fingerprint density at radius 2 is 1.44 bits per heavy atom. The molecule has 2 unspecified atom stereocenters. The van der Waals surface area contributed by atoms with Gasteiger partial charge in [0, 0.05) is 0 Å². The molecule has 8 nitrogen and oxygen atoms in total. The Bertz CT molecular complexity index is 256. The summed E-state index contributed by atoms with van der Waals surface area (Å²) in [6.45, 7) is 0.888.